The largest absolute Gasteiger partial charge is 0.447 e. The number of nitrogens with one attached hydrogen (secondary N) is 2. The number of hydrogen-bond donors (Lipinski definition) is 3. The number of likely N-dealkylation sites (tertiary alicyclic amines) is 1. The van der Waals surface area contributed by atoms with E-state index < -0.39 is 41.4 Å². The molecule has 1 aliphatic carbocycles. The molecular formula is C23H40N4O5. The second-order valence-corrected chi connectivity index (χ2v) is 10.4. The molecule has 4 N–H and O–H groups in total. The van der Waals surface area contributed by atoms with Crippen LogP contribution in [-0.4, -0.2) is 59.5 Å². The molecule has 0 radical (unpaired) electrons. The third-order valence-corrected chi connectivity index (χ3v) is 6.28. The summed E-state index contributed by atoms with van der Waals surface area (Å²) in [6.45, 7) is 9.51. The lowest BCUT2D eigenvalue weighted by molar-refractivity contribution is -0.143. The summed E-state index contributed by atoms with van der Waals surface area (Å²) in [5, 5.41) is 5.63. The molecule has 9 heteroatoms. The number of nitrogens with two attached hydrogens (primary N) is 1. The van der Waals surface area contributed by atoms with Crippen LogP contribution < -0.4 is 16.4 Å². The van der Waals surface area contributed by atoms with Gasteiger partial charge in [0, 0.05) is 6.54 Å². The van der Waals surface area contributed by atoms with Gasteiger partial charge in [-0.05, 0) is 50.9 Å². The minimum atomic E-state index is -0.857. The van der Waals surface area contributed by atoms with Gasteiger partial charge >= 0.3 is 6.09 Å². The van der Waals surface area contributed by atoms with Gasteiger partial charge in [0.2, 0.25) is 17.7 Å². The van der Waals surface area contributed by atoms with E-state index >= 15 is 0 Å². The third kappa shape index (κ3) is 6.84. The van der Waals surface area contributed by atoms with E-state index in [2.05, 4.69) is 10.6 Å². The maximum absolute atomic E-state index is 13.4. The third-order valence-electron chi connectivity index (χ3n) is 6.28. The van der Waals surface area contributed by atoms with Crippen molar-refractivity contribution in [1.82, 2.24) is 15.5 Å². The maximum Gasteiger partial charge on any atom is 0.408 e. The average molecular weight is 453 g/mol. The van der Waals surface area contributed by atoms with Gasteiger partial charge in [-0.1, -0.05) is 40.0 Å². The Morgan fingerprint density at radius 3 is 2.12 bits per heavy atom. The SMILES string of the molecule is CC(C)OC(=O)NC(C(=O)NC(C(=O)N1CCCC1C(N)=O)C(C)(C)C)C1CCCCC1. The molecule has 1 heterocycles. The Hall–Kier alpha value is -2.32. The Kier molecular flexibility index (Phi) is 8.92. The van der Waals surface area contributed by atoms with E-state index in [-0.39, 0.29) is 17.9 Å². The van der Waals surface area contributed by atoms with Crippen molar-refractivity contribution in [1.29, 1.82) is 0 Å². The molecule has 3 unspecified atom stereocenters. The van der Waals surface area contributed by atoms with Gasteiger partial charge in [-0.2, -0.15) is 0 Å². The van der Waals surface area contributed by atoms with Crippen molar-refractivity contribution in [3.63, 3.8) is 0 Å². The van der Waals surface area contributed by atoms with Crippen LogP contribution in [0.3, 0.4) is 0 Å². The fourth-order valence-electron chi connectivity index (χ4n) is 4.61. The van der Waals surface area contributed by atoms with Gasteiger partial charge < -0.3 is 26.0 Å². The first kappa shape index (κ1) is 25.9. The summed E-state index contributed by atoms with van der Waals surface area (Å²) in [7, 11) is 0. The number of hydrogen-bond acceptors (Lipinski definition) is 5. The summed E-state index contributed by atoms with van der Waals surface area (Å²) in [6.07, 6.45) is 5.00. The zero-order valence-corrected chi connectivity index (χ0v) is 20.1. The van der Waals surface area contributed by atoms with Gasteiger partial charge in [0.1, 0.15) is 18.1 Å². The molecule has 1 saturated heterocycles. The van der Waals surface area contributed by atoms with Crippen molar-refractivity contribution in [3.05, 3.63) is 0 Å². The van der Waals surface area contributed by atoms with E-state index in [4.69, 9.17) is 10.5 Å². The monoisotopic (exact) mass is 452 g/mol. The second kappa shape index (κ2) is 11.0. The molecule has 2 rings (SSSR count). The smallest absolute Gasteiger partial charge is 0.408 e. The number of alkyl carbamates (subject to hydrolysis) is 1. The van der Waals surface area contributed by atoms with Crippen molar-refractivity contribution in [2.24, 2.45) is 17.1 Å². The van der Waals surface area contributed by atoms with E-state index in [1.165, 1.54) is 4.90 Å². The molecule has 3 atom stereocenters. The zero-order valence-electron chi connectivity index (χ0n) is 20.1. The minimum Gasteiger partial charge on any atom is -0.447 e. The normalized spacial score (nSPS) is 21.7. The predicted molar refractivity (Wildman–Crippen MR) is 120 cm³/mol. The van der Waals surface area contributed by atoms with Gasteiger partial charge in [0.25, 0.3) is 0 Å². The Labute approximate surface area is 191 Å². The van der Waals surface area contributed by atoms with Crippen molar-refractivity contribution in [3.8, 4) is 0 Å². The van der Waals surface area contributed by atoms with Crippen molar-refractivity contribution < 1.29 is 23.9 Å². The van der Waals surface area contributed by atoms with Crippen LogP contribution in [-0.2, 0) is 19.1 Å². The molecule has 0 aromatic rings. The molecule has 1 aliphatic heterocycles. The van der Waals surface area contributed by atoms with E-state index in [0.717, 1.165) is 32.1 Å². The van der Waals surface area contributed by atoms with Gasteiger partial charge in [-0.15, -0.1) is 0 Å². The van der Waals surface area contributed by atoms with Gasteiger partial charge in [0.05, 0.1) is 6.10 Å². The highest BCUT2D eigenvalue weighted by Crippen LogP contribution is 2.29. The highest BCUT2D eigenvalue weighted by Gasteiger charge is 2.43. The fraction of sp³-hybridized carbons (Fsp3) is 0.826. The van der Waals surface area contributed by atoms with Crippen molar-refractivity contribution >= 4 is 23.8 Å². The highest BCUT2D eigenvalue weighted by atomic mass is 16.6. The van der Waals surface area contributed by atoms with Gasteiger partial charge in [-0.25, -0.2) is 4.79 Å². The average Bonchev–Trinajstić information content (AvgIpc) is 3.19. The van der Waals surface area contributed by atoms with E-state index in [1.807, 2.05) is 20.8 Å². The van der Waals surface area contributed by atoms with Gasteiger partial charge in [-0.3, -0.25) is 14.4 Å². The molecule has 2 aliphatic rings. The van der Waals surface area contributed by atoms with Crippen LogP contribution in [0.2, 0.25) is 0 Å². The molecule has 0 aromatic carbocycles. The fourth-order valence-corrected chi connectivity index (χ4v) is 4.61. The summed E-state index contributed by atoms with van der Waals surface area (Å²) in [5.74, 6) is -1.28. The number of ether oxygens (including phenoxy) is 1. The number of carbonyl (C=O) groups is 4. The quantitative estimate of drug-likeness (QED) is 0.544. The Morgan fingerprint density at radius 1 is 0.969 bits per heavy atom. The molecule has 0 spiro atoms. The standard InChI is InChI=1S/C23H40N4O5/c1-14(2)32-22(31)25-17(15-10-7-6-8-11-15)20(29)26-18(23(3,4)5)21(30)27-13-9-12-16(27)19(24)28/h14-18H,6-13H2,1-5H3,(H2,24,28)(H,25,31)(H,26,29). The predicted octanol–water partition coefficient (Wildman–Crippen LogP) is 2.08. The van der Waals surface area contributed by atoms with Crippen LogP contribution in [0.1, 0.15) is 79.6 Å². The van der Waals surface area contributed by atoms with Crippen LogP contribution in [0, 0.1) is 11.3 Å². The summed E-state index contributed by atoms with van der Waals surface area (Å²) < 4.78 is 5.21. The Balaban J connectivity index is 2.22. The molecule has 0 bridgehead atoms. The highest BCUT2D eigenvalue weighted by molar-refractivity contribution is 5.94. The van der Waals surface area contributed by atoms with Crippen LogP contribution in [0.4, 0.5) is 4.79 Å². The summed E-state index contributed by atoms with van der Waals surface area (Å²) in [6, 6.07) is -2.30. The molecule has 0 aromatic heterocycles. The lowest BCUT2D eigenvalue weighted by atomic mass is 9.82. The van der Waals surface area contributed by atoms with Crippen molar-refractivity contribution in [2.75, 3.05) is 6.54 Å². The van der Waals surface area contributed by atoms with E-state index in [0.29, 0.717) is 19.4 Å². The van der Waals surface area contributed by atoms with Crippen LogP contribution in [0.15, 0.2) is 0 Å². The molecular weight excluding hydrogens is 412 g/mol. The first-order valence-electron chi connectivity index (χ1n) is 11.8. The van der Waals surface area contributed by atoms with Gasteiger partial charge in [0.15, 0.2) is 0 Å². The van der Waals surface area contributed by atoms with Crippen LogP contribution in [0.25, 0.3) is 0 Å². The summed E-state index contributed by atoms with van der Waals surface area (Å²) in [5.41, 5.74) is 4.89. The van der Waals surface area contributed by atoms with Crippen LogP contribution in [0.5, 0.6) is 0 Å². The molecule has 2 fully saturated rings. The van der Waals surface area contributed by atoms with Crippen molar-refractivity contribution in [2.45, 2.75) is 104 Å². The topological polar surface area (TPSA) is 131 Å². The Morgan fingerprint density at radius 2 is 1.59 bits per heavy atom. The number of nitrogens with zero attached hydrogens (tertiary/aromatic N) is 1. The summed E-state index contributed by atoms with van der Waals surface area (Å²) in [4.78, 5) is 52.4. The van der Waals surface area contributed by atoms with Crippen LogP contribution >= 0.6 is 0 Å². The zero-order chi connectivity index (χ0) is 24.1. The lowest BCUT2D eigenvalue weighted by Crippen LogP contribution is -2.61. The first-order chi connectivity index (χ1) is 14.9. The molecule has 1 saturated carbocycles. The van der Waals surface area contributed by atoms with E-state index in [9.17, 15) is 19.2 Å². The molecule has 4 amide bonds. The first-order valence-corrected chi connectivity index (χ1v) is 11.8. The molecule has 182 valence electrons. The number of primary amides is 1. The molecule has 9 nitrogen and oxygen atoms in total. The summed E-state index contributed by atoms with van der Waals surface area (Å²) >= 11 is 0. The number of carbonyl (C=O) groups excluding carboxylic acids is 4. The molecule has 32 heavy (non-hydrogen) atoms. The lowest BCUT2D eigenvalue weighted by Gasteiger charge is -2.37. The number of amides is 4. The maximum atomic E-state index is 13.4. The van der Waals surface area contributed by atoms with E-state index in [1.54, 1.807) is 13.8 Å². The number of rotatable bonds is 7. The minimum absolute atomic E-state index is 0.0238. The Bertz CT molecular complexity index is 697. The second-order valence-electron chi connectivity index (χ2n) is 10.4.